The molecule has 0 saturated heterocycles. The molecule has 0 atom stereocenters. The molecular formula is C18H14N4O3S2. The Bertz CT molecular complexity index is 1210. The highest BCUT2D eigenvalue weighted by atomic mass is 32.1. The molecule has 0 bridgehead atoms. The first kappa shape index (κ1) is 17.4. The molecule has 0 unspecified atom stereocenters. The van der Waals surface area contributed by atoms with Crippen LogP contribution in [0.3, 0.4) is 0 Å². The Kier molecular flexibility index (Phi) is 4.46. The van der Waals surface area contributed by atoms with E-state index in [0.29, 0.717) is 21.5 Å². The first-order chi connectivity index (χ1) is 13.1. The summed E-state index contributed by atoms with van der Waals surface area (Å²) >= 11 is 2.61. The molecule has 9 heteroatoms. The van der Waals surface area contributed by atoms with Gasteiger partial charge in [0, 0.05) is 28.7 Å². The molecule has 4 aromatic rings. The van der Waals surface area contributed by atoms with E-state index in [9.17, 15) is 9.59 Å². The molecule has 4 rings (SSSR count). The van der Waals surface area contributed by atoms with E-state index in [2.05, 4.69) is 15.3 Å². The van der Waals surface area contributed by atoms with Gasteiger partial charge in [0.05, 0.1) is 12.8 Å². The Balaban J connectivity index is 1.62. The molecule has 0 radical (unpaired) electrons. The van der Waals surface area contributed by atoms with Crippen molar-refractivity contribution in [3.8, 4) is 17.0 Å². The summed E-state index contributed by atoms with van der Waals surface area (Å²) in [5, 5.41) is 6.65. The van der Waals surface area contributed by atoms with E-state index < -0.39 is 11.5 Å². The third-order valence-electron chi connectivity index (χ3n) is 3.94. The van der Waals surface area contributed by atoms with E-state index in [-0.39, 0.29) is 5.56 Å². The van der Waals surface area contributed by atoms with Crippen LogP contribution in [0.2, 0.25) is 0 Å². The summed E-state index contributed by atoms with van der Waals surface area (Å²) in [7, 11) is 1.60. The van der Waals surface area contributed by atoms with Crippen LogP contribution in [0.5, 0.6) is 5.75 Å². The van der Waals surface area contributed by atoms with Crippen LogP contribution in [0.4, 0.5) is 5.13 Å². The molecule has 0 aliphatic heterocycles. The lowest BCUT2D eigenvalue weighted by Gasteiger charge is -2.07. The quantitative estimate of drug-likeness (QED) is 0.569. The number of methoxy groups -OCH3 is 1. The zero-order valence-corrected chi connectivity index (χ0v) is 16.1. The van der Waals surface area contributed by atoms with Gasteiger partial charge in [-0.2, -0.15) is 0 Å². The fraction of sp³-hybridized carbons (Fsp3) is 0.111. The van der Waals surface area contributed by atoms with E-state index in [1.54, 1.807) is 18.7 Å². The number of nitrogens with zero attached hydrogens (tertiary/aromatic N) is 3. The fourth-order valence-corrected chi connectivity index (χ4v) is 4.00. The molecule has 0 fully saturated rings. The van der Waals surface area contributed by atoms with Gasteiger partial charge in [-0.05, 0) is 19.1 Å². The highest BCUT2D eigenvalue weighted by Crippen LogP contribution is 2.33. The predicted octanol–water partition coefficient (Wildman–Crippen LogP) is 3.45. The number of anilines is 1. The van der Waals surface area contributed by atoms with Gasteiger partial charge in [0.25, 0.3) is 11.5 Å². The summed E-state index contributed by atoms with van der Waals surface area (Å²) in [5.41, 5.74) is 2.17. The number of ether oxygens (including phenoxy) is 1. The van der Waals surface area contributed by atoms with E-state index in [4.69, 9.17) is 4.74 Å². The Hall–Kier alpha value is -3.04. The van der Waals surface area contributed by atoms with Crippen molar-refractivity contribution >= 4 is 38.7 Å². The van der Waals surface area contributed by atoms with Gasteiger partial charge in [0.15, 0.2) is 10.1 Å². The predicted molar refractivity (Wildman–Crippen MR) is 106 cm³/mol. The summed E-state index contributed by atoms with van der Waals surface area (Å²) in [6.45, 7) is 1.99. The minimum absolute atomic E-state index is 0.0317. The van der Waals surface area contributed by atoms with Crippen LogP contribution in [0.1, 0.15) is 15.9 Å². The van der Waals surface area contributed by atoms with Crippen LogP contribution in [0.25, 0.3) is 16.2 Å². The molecule has 1 N–H and O–H groups in total. The fourth-order valence-electron chi connectivity index (χ4n) is 2.62. The minimum atomic E-state index is -0.537. The zero-order valence-electron chi connectivity index (χ0n) is 14.4. The van der Waals surface area contributed by atoms with Gasteiger partial charge in [0.2, 0.25) is 0 Å². The van der Waals surface area contributed by atoms with Crippen molar-refractivity contribution in [2.45, 2.75) is 6.92 Å². The summed E-state index contributed by atoms with van der Waals surface area (Å²) < 4.78 is 6.74. The van der Waals surface area contributed by atoms with Gasteiger partial charge < -0.3 is 4.74 Å². The molecule has 0 saturated carbocycles. The van der Waals surface area contributed by atoms with Crippen molar-refractivity contribution in [3.63, 3.8) is 0 Å². The van der Waals surface area contributed by atoms with Crippen molar-refractivity contribution in [1.82, 2.24) is 14.4 Å². The lowest BCUT2D eigenvalue weighted by molar-refractivity contribution is 0.102. The first-order valence-electron chi connectivity index (χ1n) is 7.93. The number of amides is 1. The Morgan fingerprint density at radius 2 is 2.15 bits per heavy atom. The number of carbonyl (C=O) groups excluding carboxylic acids is 1. The average Bonchev–Trinajstić information content (AvgIpc) is 3.31. The normalized spacial score (nSPS) is 10.9. The number of rotatable bonds is 4. The molecule has 0 spiro atoms. The Morgan fingerprint density at radius 1 is 1.30 bits per heavy atom. The number of carbonyl (C=O) groups is 1. The van der Waals surface area contributed by atoms with Gasteiger partial charge in [-0.1, -0.05) is 11.6 Å². The SMILES string of the molecule is COc1ccc(C)cc1-c1csc(NC(=O)c2cnc3sccn3c2=O)n1. The van der Waals surface area contributed by atoms with Gasteiger partial charge in [-0.25, -0.2) is 9.97 Å². The zero-order chi connectivity index (χ0) is 19.0. The number of fused-ring (bicyclic) bond motifs is 1. The van der Waals surface area contributed by atoms with Gasteiger partial charge >= 0.3 is 0 Å². The monoisotopic (exact) mass is 398 g/mol. The van der Waals surface area contributed by atoms with Gasteiger partial charge in [-0.15, -0.1) is 22.7 Å². The number of aryl methyl sites for hydroxylation is 1. The average molecular weight is 398 g/mol. The standard InChI is InChI=1S/C18H14N4O3S2/c1-10-3-4-14(25-2)11(7-10)13-9-27-17(20-13)21-15(23)12-8-19-18-22(16(12)24)5-6-26-18/h3-9H,1-2H3,(H,20,21,23). The van der Waals surface area contributed by atoms with Crippen LogP contribution in [0, 0.1) is 6.92 Å². The number of hydrogen-bond donors (Lipinski definition) is 1. The molecular weight excluding hydrogens is 384 g/mol. The number of nitrogens with one attached hydrogen (secondary N) is 1. The van der Waals surface area contributed by atoms with Gasteiger partial charge in [0.1, 0.15) is 11.3 Å². The van der Waals surface area contributed by atoms with Crippen LogP contribution < -0.4 is 15.6 Å². The van der Waals surface area contributed by atoms with Gasteiger partial charge in [-0.3, -0.25) is 19.3 Å². The first-order valence-corrected chi connectivity index (χ1v) is 9.69. The van der Waals surface area contributed by atoms with E-state index in [1.165, 1.54) is 33.3 Å². The van der Waals surface area contributed by atoms with Crippen molar-refractivity contribution in [2.24, 2.45) is 0 Å². The van der Waals surface area contributed by atoms with Crippen LogP contribution in [0.15, 0.2) is 46.1 Å². The second kappa shape index (κ2) is 6.93. The lowest BCUT2D eigenvalue weighted by Crippen LogP contribution is -2.25. The second-order valence-electron chi connectivity index (χ2n) is 5.73. The Labute approximate surface area is 161 Å². The smallest absolute Gasteiger partial charge is 0.271 e. The van der Waals surface area contributed by atoms with Crippen LogP contribution in [-0.4, -0.2) is 27.4 Å². The highest BCUT2D eigenvalue weighted by Gasteiger charge is 2.16. The number of thiazole rings is 2. The second-order valence-corrected chi connectivity index (χ2v) is 7.46. The minimum Gasteiger partial charge on any atom is -0.496 e. The number of hydrogen-bond acceptors (Lipinski definition) is 7. The molecule has 7 nitrogen and oxygen atoms in total. The largest absolute Gasteiger partial charge is 0.496 e. The number of aromatic nitrogens is 3. The Morgan fingerprint density at radius 3 is 2.96 bits per heavy atom. The molecule has 27 heavy (non-hydrogen) atoms. The molecule has 3 heterocycles. The van der Waals surface area contributed by atoms with Crippen LogP contribution in [-0.2, 0) is 0 Å². The summed E-state index contributed by atoms with van der Waals surface area (Å²) in [5.74, 6) is 0.166. The topological polar surface area (TPSA) is 85.6 Å². The van der Waals surface area contributed by atoms with Crippen molar-refractivity contribution < 1.29 is 9.53 Å². The maximum absolute atomic E-state index is 12.5. The summed E-state index contributed by atoms with van der Waals surface area (Å²) in [6.07, 6.45) is 2.89. The highest BCUT2D eigenvalue weighted by molar-refractivity contribution is 7.15. The van der Waals surface area contributed by atoms with Crippen molar-refractivity contribution in [2.75, 3.05) is 12.4 Å². The van der Waals surface area contributed by atoms with Crippen molar-refractivity contribution in [1.29, 1.82) is 0 Å². The molecule has 136 valence electrons. The van der Waals surface area contributed by atoms with E-state index in [0.717, 1.165) is 11.1 Å². The third kappa shape index (κ3) is 3.22. The number of benzene rings is 1. The summed E-state index contributed by atoms with van der Waals surface area (Å²) in [4.78, 5) is 34.0. The maximum atomic E-state index is 12.5. The third-order valence-corrected chi connectivity index (χ3v) is 5.47. The van der Waals surface area contributed by atoms with Crippen molar-refractivity contribution in [3.05, 3.63) is 62.8 Å². The maximum Gasteiger partial charge on any atom is 0.271 e. The van der Waals surface area contributed by atoms with Crippen LogP contribution >= 0.6 is 22.7 Å². The molecule has 0 aliphatic carbocycles. The molecule has 3 aromatic heterocycles. The molecule has 1 aromatic carbocycles. The molecule has 1 amide bonds. The molecule has 0 aliphatic rings. The van der Waals surface area contributed by atoms with E-state index >= 15 is 0 Å². The lowest BCUT2D eigenvalue weighted by atomic mass is 10.1. The summed E-state index contributed by atoms with van der Waals surface area (Å²) in [6, 6.07) is 5.81. The van der Waals surface area contributed by atoms with E-state index in [1.807, 2.05) is 30.5 Å².